The number of aromatic nitrogens is 1. The largest absolute Gasteiger partial charge is 0.423 e. The van der Waals surface area contributed by atoms with E-state index < -0.39 is 11.6 Å². The fourth-order valence-electron chi connectivity index (χ4n) is 2.56. The molecule has 4 rings (SSSR count). The summed E-state index contributed by atoms with van der Waals surface area (Å²) in [5, 5.41) is 0.323. The van der Waals surface area contributed by atoms with Gasteiger partial charge in [-0.2, -0.15) is 0 Å². The van der Waals surface area contributed by atoms with E-state index >= 15 is 0 Å². The predicted octanol–water partition coefficient (Wildman–Crippen LogP) is 4.07. The number of carbonyl (C=O) groups excluding carboxylic acids is 1. The number of rotatable bonds is 3. The smallest absolute Gasteiger partial charge is 0.347 e. The van der Waals surface area contributed by atoms with E-state index in [0.717, 1.165) is 0 Å². The fraction of sp³-hybridized carbons (Fsp3) is 0. The second kappa shape index (κ2) is 6.64. The third-order valence-electron chi connectivity index (χ3n) is 3.84. The molecule has 5 nitrogen and oxygen atoms in total. The summed E-state index contributed by atoms with van der Waals surface area (Å²) in [5.74, 6) is 0.0503. The minimum absolute atomic E-state index is 0.217. The van der Waals surface area contributed by atoms with Gasteiger partial charge in [-0.15, -0.1) is 0 Å². The number of fused-ring (bicyclic) bond motifs is 1. The van der Waals surface area contributed by atoms with E-state index in [4.69, 9.17) is 9.15 Å². The maximum atomic E-state index is 12.2. The van der Waals surface area contributed by atoms with Crippen molar-refractivity contribution in [1.82, 2.24) is 4.98 Å². The first-order valence-electron chi connectivity index (χ1n) is 7.98. The van der Waals surface area contributed by atoms with Gasteiger partial charge in [0.1, 0.15) is 5.75 Å². The van der Waals surface area contributed by atoms with Crippen LogP contribution in [0.3, 0.4) is 0 Å². The SMILES string of the molecule is O=C(Oc1ccc2c(=O)oc(-c3ccccc3)nc2c1)c1ccccc1. The molecule has 0 aliphatic rings. The van der Waals surface area contributed by atoms with Gasteiger partial charge in [-0.25, -0.2) is 14.6 Å². The van der Waals surface area contributed by atoms with Gasteiger partial charge in [0, 0.05) is 11.6 Å². The van der Waals surface area contributed by atoms with Crippen LogP contribution in [0.25, 0.3) is 22.4 Å². The van der Waals surface area contributed by atoms with Gasteiger partial charge in [-0.1, -0.05) is 36.4 Å². The lowest BCUT2D eigenvalue weighted by molar-refractivity contribution is 0.0735. The van der Waals surface area contributed by atoms with Crippen LogP contribution in [0.15, 0.2) is 88.1 Å². The topological polar surface area (TPSA) is 69.4 Å². The summed E-state index contributed by atoms with van der Waals surface area (Å²) >= 11 is 0. The van der Waals surface area contributed by atoms with E-state index in [2.05, 4.69) is 4.98 Å². The maximum Gasteiger partial charge on any atom is 0.347 e. The van der Waals surface area contributed by atoms with Crippen molar-refractivity contribution in [2.24, 2.45) is 0 Å². The standard InChI is InChI=1S/C21H13NO4/c23-20(15-9-5-2-6-10-15)25-16-11-12-17-18(13-16)22-19(26-21(17)24)14-7-3-1-4-8-14/h1-13H. The molecular formula is C21H13NO4. The van der Waals surface area contributed by atoms with Crippen molar-refractivity contribution in [2.75, 3.05) is 0 Å². The quantitative estimate of drug-likeness (QED) is 0.414. The monoisotopic (exact) mass is 343 g/mol. The molecule has 0 saturated heterocycles. The van der Waals surface area contributed by atoms with Gasteiger partial charge in [-0.3, -0.25) is 0 Å². The highest BCUT2D eigenvalue weighted by atomic mass is 16.5. The van der Waals surface area contributed by atoms with E-state index in [0.29, 0.717) is 27.8 Å². The van der Waals surface area contributed by atoms with Crippen LogP contribution >= 0.6 is 0 Å². The van der Waals surface area contributed by atoms with Crippen molar-refractivity contribution in [3.8, 4) is 17.2 Å². The fourth-order valence-corrected chi connectivity index (χ4v) is 2.56. The molecule has 0 bridgehead atoms. The Bertz CT molecular complexity index is 1130. The summed E-state index contributed by atoms with van der Waals surface area (Å²) in [6, 6.07) is 22.5. The second-order valence-electron chi connectivity index (χ2n) is 5.61. The van der Waals surface area contributed by atoms with Gasteiger partial charge in [-0.05, 0) is 36.4 Å². The van der Waals surface area contributed by atoms with Crippen molar-refractivity contribution in [3.05, 3.63) is 94.8 Å². The molecule has 0 spiro atoms. The molecule has 0 unspecified atom stereocenters. The number of esters is 1. The lowest BCUT2D eigenvalue weighted by Gasteiger charge is -2.06. The first kappa shape index (κ1) is 15.8. The molecule has 3 aromatic carbocycles. The first-order valence-corrected chi connectivity index (χ1v) is 7.98. The Kier molecular flexibility index (Phi) is 4.03. The molecule has 1 aromatic heterocycles. The molecule has 0 aliphatic heterocycles. The van der Waals surface area contributed by atoms with Gasteiger partial charge < -0.3 is 9.15 Å². The summed E-state index contributed by atoms with van der Waals surface area (Å²) in [6.07, 6.45) is 0. The van der Waals surface area contributed by atoms with Gasteiger partial charge in [0.05, 0.1) is 16.5 Å². The average molecular weight is 343 g/mol. The number of nitrogens with zero attached hydrogens (tertiary/aromatic N) is 1. The highest BCUT2D eigenvalue weighted by Gasteiger charge is 2.12. The van der Waals surface area contributed by atoms with Gasteiger partial charge >= 0.3 is 11.6 Å². The van der Waals surface area contributed by atoms with E-state index in [1.165, 1.54) is 6.07 Å². The van der Waals surface area contributed by atoms with Crippen LogP contribution in [0.4, 0.5) is 0 Å². The normalized spacial score (nSPS) is 10.6. The molecule has 5 heteroatoms. The second-order valence-corrected chi connectivity index (χ2v) is 5.61. The van der Waals surface area contributed by atoms with Crippen LogP contribution in [-0.2, 0) is 0 Å². The average Bonchev–Trinajstić information content (AvgIpc) is 2.69. The van der Waals surface area contributed by atoms with E-state index in [-0.39, 0.29) is 5.89 Å². The Balaban J connectivity index is 1.72. The number of carbonyl (C=O) groups is 1. The number of hydrogen-bond donors (Lipinski definition) is 0. The zero-order valence-corrected chi connectivity index (χ0v) is 13.6. The molecule has 0 radical (unpaired) electrons. The van der Waals surface area contributed by atoms with Crippen LogP contribution in [0.5, 0.6) is 5.75 Å². The van der Waals surface area contributed by atoms with Crippen molar-refractivity contribution in [1.29, 1.82) is 0 Å². The first-order chi connectivity index (χ1) is 12.7. The van der Waals surface area contributed by atoms with Crippen LogP contribution in [0, 0.1) is 0 Å². The summed E-state index contributed by atoms with van der Waals surface area (Å²) in [4.78, 5) is 28.8. The molecule has 0 saturated carbocycles. The lowest BCUT2D eigenvalue weighted by atomic mass is 10.2. The van der Waals surface area contributed by atoms with Gasteiger partial charge in [0.15, 0.2) is 0 Å². The van der Waals surface area contributed by atoms with E-state index in [9.17, 15) is 9.59 Å². The van der Waals surface area contributed by atoms with E-state index in [1.54, 1.807) is 48.5 Å². The minimum atomic E-state index is -0.491. The van der Waals surface area contributed by atoms with Gasteiger partial charge in [0.25, 0.3) is 0 Å². The van der Waals surface area contributed by atoms with Gasteiger partial charge in [0.2, 0.25) is 5.89 Å². The summed E-state index contributed by atoms with van der Waals surface area (Å²) in [5.41, 5.74) is 1.05. The Hall–Kier alpha value is -3.73. The Labute approximate surface area is 148 Å². The highest BCUT2D eigenvalue weighted by Crippen LogP contribution is 2.22. The minimum Gasteiger partial charge on any atom is -0.423 e. The highest BCUT2D eigenvalue weighted by molar-refractivity contribution is 5.91. The number of hydrogen-bond acceptors (Lipinski definition) is 5. The predicted molar refractivity (Wildman–Crippen MR) is 97.1 cm³/mol. The molecule has 1 heterocycles. The van der Waals surface area contributed by atoms with Crippen molar-refractivity contribution in [3.63, 3.8) is 0 Å². The molecule has 26 heavy (non-hydrogen) atoms. The van der Waals surface area contributed by atoms with Crippen molar-refractivity contribution < 1.29 is 13.9 Å². The maximum absolute atomic E-state index is 12.2. The van der Waals surface area contributed by atoms with Crippen LogP contribution in [0.2, 0.25) is 0 Å². The molecule has 0 fully saturated rings. The molecule has 0 amide bonds. The molecule has 4 aromatic rings. The zero-order chi connectivity index (χ0) is 17.9. The van der Waals surface area contributed by atoms with Crippen LogP contribution < -0.4 is 10.4 Å². The molecule has 0 N–H and O–H groups in total. The van der Waals surface area contributed by atoms with E-state index in [1.807, 2.05) is 24.3 Å². The number of benzene rings is 3. The van der Waals surface area contributed by atoms with Crippen LogP contribution in [0.1, 0.15) is 10.4 Å². The Morgan fingerprint density at radius 3 is 2.31 bits per heavy atom. The van der Waals surface area contributed by atoms with Crippen molar-refractivity contribution in [2.45, 2.75) is 0 Å². The third-order valence-corrected chi connectivity index (χ3v) is 3.84. The van der Waals surface area contributed by atoms with Crippen molar-refractivity contribution >= 4 is 16.9 Å². The summed E-state index contributed by atoms with van der Waals surface area (Å²) < 4.78 is 10.7. The van der Waals surface area contributed by atoms with Crippen LogP contribution in [-0.4, -0.2) is 11.0 Å². The molecular weight excluding hydrogens is 330 g/mol. The molecule has 0 atom stereocenters. The molecule has 126 valence electrons. The molecule has 0 aliphatic carbocycles. The Morgan fingerprint density at radius 1 is 0.885 bits per heavy atom. The lowest BCUT2D eigenvalue weighted by Crippen LogP contribution is -2.09. The third kappa shape index (κ3) is 3.10. The zero-order valence-electron chi connectivity index (χ0n) is 13.6. The summed E-state index contributed by atoms with van der Waals surface area (Å²) in [7, 11) is 0. The Morgan fingerprint density at radius 2 is 1.58 bits per heavy atom. The number of ether oxygens (including phenoxy) is 1. The summed E-state index contributed by atoms with van der Waals surface area (Å²) in [6.45, 7) is 0.